The fourth-order valence-corrected chi connectivity index (χ4v) is 2.16. The molecule has 0 aromatic heterocycles. The van der Waals surface area contributed by atoms with E-state index in [1.54, 1.807) is 6.07 Å². The number of nitrogens with two attached hydrogens (primary N) is 1. The van der Waals surface area contributed by atoms with Crippen LogP contribution in [0.25, 0.3) is 0 Å². The Hall–Kier alpha value is -1.39. The number of amides is 1. The third-order valence-corrected chi connectivity index (χ3v) is 3.55. The molecule has 1 saturated carbocycles. The predicted molar refractivity (Wildman–Crippen MR) is 69.7 cm³/mol. The number of hydrogen-bond acceptors (Lipinski definition) is 3. The second-order valence-corrected chi connectivity index (χ2v) is 4.77. The van der Waals surface area contributed by atoms with Crippen LogP contribution in [0, 0.1) is 5.92 Å². The van der Waals surface area contributed by atoms with Crippen molar-refractivity contribution in [2.24, 2.45) is 11.8 Å². The maximum Gasteiger partial charge on any atom is 0.265 e. The number of carbonyl (C=O) groups excluding carboxylic acids is 1. The molecule has 4 nitrogen and oxygen atoms in total. The zero-order chi connectivity index (χ0) is 12.8. The van der Waals surface area contributed by atoms with Crippen LogP contribution < -0.4 is 11.3 Å². The normalized spacial score (nSPS) is 15.2. The van der Waals surface area contributed by atoms with Gasteiger partial charge in [-0.3, -0.25) is 10.2 Å². The Kier molecular flexibility index (Phi) is 4.73. The highest BCUT2D eigenvalue weighted by Gasteiger charge is 2.16. The van der Waals surface area contributed by atoms with E-state index in [1.807, 2.05) is 18.2 Å². The average molecular weight is 248 g/mol. The Labute approximate surface area is 107 Å². The fraction of sp³-hybridized carbons (Fsp3) is 0.500. The lowest BCUT2D eigenvalue weighted by molar-refractivity contribution is 0.0895. The van der Waals surface area contributed by atoms with E-state index in [2.05, 4.69) is 5.43 Å². The molecule has 0 heterocycles. The second-order valence-electron chi connectivity index (χ2n) is 4.77. The van der Waals surface area contributed by atoms with E-state index in [1.165, 1.54) is 19.3 Å². The molecule has 4 heteroatoms. The van der Waals surface area contributed by atoms with Crippen molar-refractivity contribution in [3.05, 3.63) is 35.4 Å². The van der Waals surface area contributed by atoms with Crippen LogP contribution in [-0.2, 0) is 11.3 Å². The van der Waals surface area contributed by atoms with Crippen molar-refractivity contribution in [3.63, 3.8) is 0 Å². The molecular formula is C14H20N2O2. The Morgan fingerprint density at radius 2 is 2.17 bits per heavy atom. The van der Waals surface area contributed by atoms with Crippen molar-refractivity contribution in [1.29, 1.82) is 0 Å². The van der Waals surface area contributed by atoms with Crippen molar-refractivity contribution >= 4 is 5.91 Å². The number of nitrogens with one attached hydrogen (secondary N) is 1. The van der Waals surface area contributed by atoms with Crippen LogP contribution in [0.5, 0.6) is 0 Å². The predicted octanol–water partition coefficient (Wildman–Crippen LogP) is 2.00. The first-order chi connectivity index (χ1) is 8.81. The van der Waals surface area contributed by atoms with Gasteiger partial charge in [-0.1, -0.05) is 37.5 Å². The SMILES string of the molecule is NNC(=O)c1ccccc1COCCC1CCC1. The Morgan fingerprint density at radius 3 is 2.83 bits per heavy atom. The van der Waals surface area contributed by atoms with Gasteiger partial charge >= 0.3 is 0 Å². The molecule has 1 aliphatic carbocycles. The molecule has 0 atom stereocenters. The molecule has 1 amide bonds. The second kappa shape index (κ2) is 6.52. The summed E-state index contributed by atoms with van der Waals surface area (Å²) in [5.74, 6) is 5.74. The van der Waals surface area contributed by atoms with E-state index < -0.39 is 0 Å². The van der Waals surface area contributed by atoms with Gasteiger partial charge < -0.3 is 4.74 Å². The largest absolute Gasteiger partial charge is 0.377 e. The molecule has 1 aromatic carbocycles. The maximum absolute atomic E-state index is 11.5. The third kappa shape index (κ3) is 3.31. The van der Waals surface area contributed by atoms with Crippen LogP contribution in [0.15, 0.2) is 24.3 Å². The van der Waals surface area contributed by atoms with E-state index in [9.17, 15) is 4.79 Å². The summed E-state index contributed by atoms with van der Waals surface area (Å²) in [5, 5.41) is 0. The number of ether oxygens (including phenoxy) is 1. The van der Waals surface area contributed by atoms with Gasteiger partial charge in [-0.15, -0.1) is 0 Å². The zero-order valence-electron chi connectivity index (χ0n) is 10.5. The molecule has 0 bridgehead atoms. The summed E-state index contributed by atoms with van der Waals surface area (Å²) in [6, 6.07) is 7.38. The number of benzene rings is 1. The molecule has 1 aliphatic rings. The minimum absolute atomic E-state index is 0.270. The monoisotopic (exact) mass is 248 g/mol. The van der Waals surface area contributed by atoms with Gasteiger partial charge in [0.1, 0.15) is 0 Å². The van der Waals surface area contributed by atoms with Gasteiger partial charge in [0.15, 0.2) is 0 Å². The van der Waals surface area contributed by atoms with Crippen LogP contribution in [0.2, 0.25) is 0 Å². The van der Waals surface area contributed by atoms with Gasteiger partial charge in [0.25, 0.3) is 5.91 Å². The average Bonchev–Trinajstić information content (AvgIpc) is 2.36. The van der Waals surface area contributed by atoms with E-state index in [0.29, 0.717) is 12.2 Å². The van der Waals surface area contributed by atoms with Crippen molar-refractivity contribution < 1.29 is 9.53 Å². The highest BCUT2D eigenvalue weighted by atomic mass is 16.5. The van der Waals surface area contributed by atoms with E-state index >= 15 is 0 Å². The summed E-state index contributed by atoms with van der Waals surface area (Å²) in [4.78, 5) is 11.5. The molecule has 3 N–H and O–H groups in total. The number of hydrogen-bond donors (Lipinski definition) is 2. The quantitative estimate of drug-likeness (QED) is 0.350. The van der Waals surface area contributed by atoms with Gasteiger partial charge in [0.2, 0.25) is 0 Å². The maximum atomic E-state index is 11.5. The van der Waals surface area contributed by atoms with Crippen LogP contribution in [0.1, 0.15) is 41.6 Å². The minimum Gasteiger partial charge on any atom is -0.377 e. The lowest BCUT2D eigenvalue weighted by Gasteiger charge is -2.24. The minimum atomic E-state index is -0.270. The molecule has 1 aromatic rings. The fourth-order valence-electron chi connectivity index (χ4n) is 2.16. The van der Waals surface area contributed by atoms with E-state index in [-0.39, 0.29) is 5.91 Å². The molecule has 0 spiro atoms. The number of carbonyl (C=O) groups is 1. The lowest BCUT2D eigenvalue weighted by atomic mass is 9.83. The summed E-state index contributed by atoms with van der Waals surface area (Å²) < 4.78 is 5.64. The van der Waals surface area contributed by atoms with E-state index in [4.69, 9.17) is 10.6 Å². The topological polar surface area (TPSA) is 64.3 Å². The smallest absolute Gasteiger partial charge is 0.265 e. The molecule has 1 fully saturated rings. The molecule has 0 saturated heterocycles. The first kappa shape index (κ1) is 13.1. The summed E-state index contributed by atoms with van der Waals surface area (Å²) in [5.41, 5.74) is 3.62. The third-order valence-electron chi connectivity index (χ3n) is 3.55. The van der Waals surface area contributed by atoms with Gasteiger partial charge in [-0.05, 0) is 24.0 Å². The molecule has 0 unspecified atom stereocenters. The van der Waals surface area contributed by atoms with Gasteiger partial charge in [-0.25, -0.2) is 5.84 Å². The van der Waals surface area contributed by atoms with Crippen LogP contribution >= 0.6 is 0 Å². The van der Waals surface area contributed by atoms with Crippen molar-refractivity contribution in [2.45, 2.75) is 32.3 Å². The Morgan fingerprint density at radius 1 is 1.39 bits per heavy atom. The highest BCUT2D eigenvalue weighted by molar-refractivity contribution is 5.95. The number of nitrogen functional groups attached to an aromatic ring is 1. The zero-order valence-corrected chi connectivity index (χ0v) is 10.5. The van der Waals surface area contributed by atoms with Gasteiger partial charge in [-0.2, -0.15) is 0 Å². The Balaban J connectivity index is 1.82. The standard InChI is InChI=1S/C14H20N2O2/c15-16-14(17)13-7-2-1-6-12(13)10-18-9-8-11-4-3-5-11/h1-2,6-7,11H,3-5,8-10,15H2,(H,16,17). The number of hydrazine groups is 1. The summed E-state index contributed by atoms with van der Waals surface area (Å²) in [6.45, 7) is 1.24. The summed E-state index contributed by atoms with van der Waals surface area (Å²) in [6.07, 6.45) is 5.18. The molecule has 2 rings (SSSR count). The van der Waals surface area contributed by atoms with Crippen molar-refractivity contribution in [3.8, 4) is 0 Å². The highest BCUT2D eigenvalue weighted by Crippen LogP contribution is 2.29. The van der Waals surface area contributed by atoms with Gasteiger partial charge in [0, 0.05) is 12.2 Å². The van der Waals surface area contributed by atoms with Crippen LogP contribution in [0.3, 0.4) is 0 Å². The van der Waals surface area contributed by atoms with Crippen molar-refractivity contribution in [2.75, 3.05) is 6.61 Å². The first-order valence-electron chi connectivity index (χ1n) is 6.48. The number of rotatable bonds is 6. The van der Waals surface area contributed by atoms with Crippen LogP contribution in [-0.4, -0.2) is 12.5 Å². The summed E-state index contributed by atoms with van der Waals surface area (Å²) in [7, 11) is 0. The molecule has 0 aliphatic heterocycles. The lowest BCUT2D eigenvalue weighted by Crippen LogP contribution is -2.30. The van der Waals surface area contributed by atoms with Gasteiger partial charge in [0.05, 0.1) is 6.61 Å². The first-order valence-corrected chi connectivity index (χ1v) is 6.48. The Bertz CT molecular complexity index is 403. The molecule has 0 radical (unpaired) electrons. The summed E-state index contributed by atoms with van der Waals surface area (Å²) >= 11 is 0. The van der Waals surface area contributed by atoms with E-state index in [0.717, 1.165) is 24.5 Å². The van der Waals surface area contributed by atoms with Crippen molar-refractivity contribution in [1.82, 2.24) is 5.43 Å². The molecule has 98 valence electrons. The molecule has 18 heavy (non-hydrogen) atoms. The molecular weight excluding hydrogens is 228 g/mol. The van der Waals surface area contributed by atoms with Crippen LogP contribution in [0.4, 0.5) is 0 Å².